The van der Waals surface area contributed by atoms with Gasteiger partial charge in [0.05, 0.1) is 4.92 Å². The van der Waals surface area contributed by atoms with Crippen molar-refractivity contribution < 1.29 is 23.9 Å². The van der Waals surface area contributed by atoms with Crippen molar-refractivity contribution >= 4 is 23.6 Å². The van der Waals surface area contributed by atoms with Gasteiger partial charge in [-0.1, -0.05) is 12.1 Å². The molecule has 2 aromatic rings. The number of rotatable bonds is 3. The number of fused-ring (bicyclic) bond motifs is 1. The van der Waals surface area contributed by atoms with E-state index in [-0.39, 0.29) is 24.1 Å². The summed E-state index contributed by atoms with van der Waals surface area (Å²) in [6, 6.07) is 11.0. The Bertz CT molecular complexity index is 963. The summed E-state index contributed by atoms with van der Waals surface area (Å²) in [5.74, 6) is 0.625. The Balaban J connectivity index is 1.66. The number of non-ortho nitro benzene ring substituents is 1. The normalized spacial score (nSPS) is 16.7. The van der Waals surface area contributed by atoms with Crippen molar-refractivity contribution in [2.75, 3.05) is 6.79 Å². The topological polar surface area (TPSA) is 100 Å². The number of cyclic esters (lactones) is 1. The molecule has 4 rings (SSSR count). The van der Waals surface area contributed by atoms with Crippen LogP contribution in [0.1, 0.15) is 11.1 Å². The number of carbonyl (C=O) groups is 1. The Morgan fingerprint density at radius 3 is 2.80 bits per heavy atom. The van der Waals surface area contributed by atoms with Crippen molar-refractivity contribution in [1.29, 1.82) is 0 Å². The minimum Gasteiger partial charge on any atom is -0.454 e. The lowest BCUT2D eigenvalue weighted by molar-refractivity contribution is -0.384. The van der Waals surface area contributed by atoms with Crippen LogP contribution in [0.15, 0.2) is 53.2 Å². The summed E-state index contributed by atoms with van der Waals surface area (Å²) in [6.07, 6.45) is 1.55. The van der Waals surface area contributed by atoms with Gasteiger partial charge in [0.2, 0.25) is 12.7 Å². The third-order valence-corrected chi connectivity index (χ3v) is 3.62. The molecule has 0 aliphatic carbocycles. The highest BCUT2D eigenvalue weighted by molar-refractivity contribution is 6.13. The van der Waals surface area contributed by atoms with Gasteiger partial charge < -0.3 is 14.2 Å². The first kappa shape index (κ1) is 14.9. The summed E-state index contributed by atoms with van der Waals surface area (Å²) in [7, 11) is 0. The second-order valence-electron chi connectivity index (χ2n) is 5.26. The second-order valence-corrected chi connectivity index (χ2v) is 5.26. The van der Waals surface area contributed by atoms with Crippen molar-refractivity contribution in [3.8, 4) is 11.5 Å². The average Bonchev–Trinajstić information content (AvgIpc) is 3.21. The number of ether oxygens (including phenoxy) is 3. The van der Waals surface area contributed by atoms with Crippen molar-refractivity contribution in [3.63, 3.8) is 0 Å². The Hall–Kier alpha value is -3.68. The zero-order chi connectivity index (χ0) is 17.4. The highest BCUT2D eigenvalue weighted by atomic mass is 16.7. The van der Waals surface area contributed by atoms with E-state index in [0.29, 0.717) is 22.6 Å². The average molecular weight is 338 g/mol. The molecule has 124 valence electrons. The van der Waals surface area contributed by atoms with E-state index < -0.39 is 10.9 Å². The monoisotopic (exact) mass is 338 g/mol. The summed E-state index contributed by atoms with van der Waals surface area (Å²) in [5.41, 5.74) is 1.04. The SMILES string of the molecule is O=C1OC(c2cccc([N+](=O)[O-])c2)=NC1=Cc1ccc2c(c1)OCO2. The summed E-state index contributed by atoms with van der Waals surface area (Å²) < 4.78 is 15.6. The fourth-order valence-electron chi connectivity index (χ4n) is 2.45. The Morgan fingerprint density at radius 1 is 1.12 bits per heavy atom. The molecule has 2 aromatic carbocycles. The maximum atomic E-state index is 12.0. The summed E-state index contributed by atoms with van der Waals surface area (Å²) in [5, 5.41) is 10.9. The maximum Gasteiger partial charge on any atom is 0.363 e. The summed E-state index contributed by atoms with van der Waals surface area (Å²) >= 11 is 0. The van der Waals surface area contributed by atoms with E-state index in [1.54, 1.807) is 30.3 Å². The highest BCUT2D eigenvalue weighted by Gasteiger charge is 2.25. The molecule has 25 heavy (non-hydrogen) atoms. The molecule has 0 saturated heterocycles. The first-order valence-corrected chi connectivity index (χ1v) is 7.27. The molecule has 0 bridgehead atoms. The van der Waals surface area contributed by atoms with Gasteiger partial charge in [-0.2, -0.15) is 0 Å². The molecule has 0 amide bonds. The van der Waals surface area contributed by atoms with E-state index in [0.717, 1.165) is 0 Å². The Kier molecular flexibility index (Phi) is 3.42. The van der Waals surface area contributed by atoms with Gasteiger partial charge in [0.1, 0.15) is 0 Å². The highest BCUT2D eigenvalue weighted by Crippen LogP contribution is 2.33. The van der Waals surface area contributed by atoms with Crippen LogP contribution in [0.5, 0.6) is 11.5 Å². The molecular formula is C17H10N2O6. The van der Waals surface area contributed by atoms with E-state index in [2.05, 4.69) is 4.99 Å². The lowest BCUT2D eigenvalue weighted by Crippen LogP contribution is -2.05. The van der Waals surface area contributed by atoms with Crippen LogP contribution in [-0.4, -0.2) is 23.6 Å². The number of benzene rings is 2. The molecule has 0 aromatic heterocycles. The van der Waals surface area contributed by atoms with Crippen molar-refractivity contribution in [2.24, 2.45) is 4.99 Å². The minimum atomic E-state index is -0.626. The van der Waals surface area contributed by atoms with Crippen LogP contribution in [0.3, 0.4) is 0 Å². The number of hydrogen-bond donors (Lipinski definition) is 0. The van der Waals surface area contributed by atoms with Gasteiger partial charge in [0.25, 0.3) is 5.69 Å². The number of nitro benzene ring substituents is 1. The molecule has 8 nitrogen and oxygen atoms in total. The largest absolute Gasteiger partial charge is 0.454 e. The number of aliphatic imine (C=N–C) groups is 1. The maximum absolute atomic E-state index is 12.0. The van der Waals surface area contributed by atoms with Crippen molar-refractivity contribution in [1.82, 2.24) is 0 Å². The van der Waals surface area contributed by atoms with Gasteiger partial charge in [-0.3, -0.25) is 10.1 Å². The second kappa shape index (κ2) is 5.75. The summed E-state index contributed by atoms with van der Waals surface area (Å²) in [4.78, 5) is 26.5. The van der Waals surface area contributed by atoms with E-state index in [1.807, 2.05) is 0 Å². The van der Waals surface area contributed by atoms with Crippen LogP contribution in [-0.2, 0) is 9.53 Å². The predicted octanol–water partition coefficient (Wildman–Crippen LogP) is 2.67. The quantitative estimate of drug-likeness (QED) is 0.369. The summed E-state index contributed by atoms with van der Waals surface area (Å²) in [6.45, 7) is 0.159. The molecule has 0 N–H and O–H groups in total. The number of carbonyl (C=O) groups excluding carboxylic acids is 1. The van der Waals surface area contributed by atoms with Crippen LogP contribution in [0.2, 0.25) is 0 Å². The third kappa shape index (κ3) is 2.80. The zero-order valence-electron chi connectivity index (χ0n) is 12.7. The molecule has 8 heteroatoms. The number of nitro groups is 1. The first-order valence-electron chi connectivity index (χ1n) is 7.27. The number of hydrogen-bond acceptors (Lipinski definition) is 7. The molecule has 0 radical (unpaired) electrons. The molecule has 0 atom stereocenters. The van der Waals surface area contributed by atoms with Crippen LogP contribution in [0.25, 0.3) is 6.08 Å². The lowest BCUT2D eigenvalue weighted by Gasteiger charge is -1.98. The number of esters is 1. The molecule has 2 heterocycles. The van der Waals surface area contributed by atoms with Gasteiger partial charge >= 0.3 is 5.97 Å². The van der Waals surface area contributed by atoms with Gasteiger partial charge in [-0.15, -0.1) is 0 Å². The molecular weight excluding hydrogens is 328 g/mol. The number of nitrogens with zero attached hydrogens (tertiary/aromatic N) is 2. The minimum absolute atomic E-state index is 0.0284. The van der Waals surface area contributed by atoms with Crippen molar-refractivity contribution in [2.45, 2.75) is 0 Å². The Morgan fingerprint density at radius 2 is 1.96 bits per heavy atom. The first-order chi connectivity index (χ1) is 12.1. The lowest BCUT2D eigenvalue weighted by atomic mass is 10.1. The molecule has 0 saturated carbocycles. The predicted molar refractivity (Wildman–Crippen MR) is 86.3 cm³/mol. The van der Waals surface area contributed by atoms with E-state index in [9.17, 15) is 14.9 Å². The van der Waals surface area contributed by atoms with Gasteiger partial charge in [0, 0.05) is 17.7 Å². The van der Waals surface area contributed by atoms with Gasteiger partial charge in [0.15, 0.2) is 17.2 Å². The molecule has 0 spiro atoms. The third-order valence-electron chi connectivity index (χ3n) is 3.62. The van der Waals surface area contributed by atoms with E-state index in [1.165, 1.54) is 18.2 Å². The van der Waals surface area contributed by atoms with Crippen LogP contribution >= 0.6 is 0 Å². The molecule has 0 unspecified atom stereocenters. The van der Waals surface area contributed by atoms with Crippen molar-refractivity contribution in [3.05, 3.63) is 69.4 Å². The molecule has 2 aliphatic heterocycles. The zero-order valence-corrected chi connectivity index (χ0v) is 12.7. The fourth-order valence-corrected chi connectivity index (χ4v) is 2.45. The molecule has 2 aliphatic rings. The standard InChI is InChI=1S/C17H10N2O6/c20-17-13(6-10-4-5-14-15(7-10)24-9-23-14)18-16(25-17)11-2-1-3-12(8-11)19(21)22/h1-8H,9H2. The van der Waals surface area contributed by atoms with Gasteiger partial charge in [-0.25, -0.2) is 9.79 Å². The van der Waals surface area contributed by atoms with Crippen LogP contribution < -0.4 is 9.47 Å². The molecule has 0 fully saturated rings. The van der Waals surface area contributed by atoms with Gasteiger partial charge in [-0.05, 0) is 29.8 Å². The smallest absolute Gasteiger partial charge is 0.363 e. The van der Waals surface area contributed by atoms with E-state index in [4.69, 9.17) is 14.2 Å². The van der Waals surface area contributed by atoms with E-state index >= 15 is 0 Å². The van der Waals surface area contributed by atoms with Crippen LogP contribution in [0, 0.1) is 10.1 Å². The van der Waals surface area contributed by atoms with Crippen LogP contribution in [0.4, 0.5) is 5.69 Å². The Labute approximate surface area is 141 Å². The fraction of sp³-hybridized carbons (Fsp3) is 0.0588.